The van der Waals surface area contributed by atoms with Gasteiger partial charge in [-0.2, -0.15) is 0 Å². The van der Waals surface area contributed by atoms with Gasteiger partial charge in [0.25, 0.3) is 5.69 Å². The van der Waals surface area contributed by atoms with E-state index in [1.165, 1.54) is 12.1 Å². The first-order valence-electron chi connectivity index (χ1n) is 8.26. The van der Waals surface area contributed by atoms with E-state index in [-0.39, 0.29) is 27.7 Å². The molecule has 0 radical (unpaired) electrons. The maximum absolute atomic E-state index is 12.6. The van der Waals surface area contributed by atoms with Crippen LogP contribution in [0.5, 0.6) is 0 Å². The summed E-state index contributed by atoms with van der Waals surface area (Å²) in [6, 6.07) is 2.61. The molecule has 1 aromatic carbocycles. The van der Waals surface area contributed by atoms with Crippen molar-refractivity contribution in [2.24, 2.45) is 0 Å². The van der Waals surface area contributed by atoms with Gasteiger partial charge in [0.1, 0.15) is 0 Å². The Labute approximate surface area is 156 Å². The van der Waals surface area contributed by atoms with E-state index in [0.717, 1.165) is 19.4 Å². The van der Waals surface area contributed by atoms with E-state index in [9.17, 15) is 14.9 Å². The zero-order valence-electron chi connectivity index (χ0n) is 14.0. The summed E-state index contributed by atoms with van der Waals surface area (Å²) in [7, 11) is 1.99. The molecule has 1 atom stereocenters. The maximum Gasteiger partial charge on any atom is 0.272 e. The van der Waals surface area contributed by atoms with Crippen molar-refractivity contribution < 1.29 is 9.72 Å². The summed E-state index contributed by atoms with van der Waals surface area (Å²) >= 11 is 12.4. The number of hydrogen-bond acceptors (Lipinski definition) is 5. The Kier molecular flexibility index (Phi) is 5.36. The van der Waals surface area contributed by atoms with Gasteiger partial charge in [0.2, 0.25) is 5.91 Å². The third-order valence-electron chi connectivity index (χ3n) is 4.93. The molecule has 0 N–H and O–H groups in total. The van der Waals surface area contributed by atoms with Crippen molar-refractivity contribution in [2.75, 3.05) is 44.7 Å². The normalized spacial score (nSPS) is 21.6. The lowest BCUT2D eigenvalue weighted by Crippen LogP contribution is -2.53. The molecule has 2 aliphatic rings. The number of anilines is 1. The zero-order chi connectivity index (χ0) is 18.1. The van der Waals surface area contributed by atoms with Crippen molar-refractivity contribution in [3.8, 4) is 0 Å². The molecule has 0 aliphatic carbocycles. The Bertz CT molecular complexity index is 669. The van der Waals surface area contributed by atoms with Crippen molar-refractivity contribution in [1.29, 1.82) is 0 Å². The summed E-state index contributed by atoms with van der Waals surface area (Å²) in [6.45, 7) is 3.34. The third kappa shape index (κ3) is 3.68. The fourth-order valence-corrected chi connectivity index (χ4v) is 4.26. The maximum atomic E-state index is 12.6. The molecule has 136 valence electrons. The lowest BCUT2D eigenvalue weighted by atomic mass is 10.1. The molecule has 0 bridgehead atoms. The average Bonchev–Trinajstić information content (AvgIpc) is 3.00. The van der Waals surface area contributed by atoms with E-state index >= 15 is 0 Å². The molecule has 2 aliphatic heterocycles. The van der Waals surface area contributed by atoms with Gasteiger partial charge in [-0.25, -0.2) is 0 Å². The van der Waals surface area contributed by atoms with E-state index in [2.05, 4.69) is 4.90 Å². The van der Waals surface area contributed by atoms with Gasteiger partial charge in [-0.15, -0.1) is 0 Å². The van der Waals surface area contributed by atoms with Crippen LogP contribution in [0.1, 0.15) is 12.8 Å². The van der Waals surface area contributed by atoms with E-state index in [1.54, 1.807) is 0 Å². The SMILES string of the molecule is CN1CCCC1C(=O)N1CCN(c2c(Cl)cc([N+](=O)[O-])cc2Cl)CC1. The predicted molar refractivity (Wildman–Crippen MR) is 97.6 cm³/mol. The van der Waals surface area contributed by atoms with Crippen molar-refractivity contribution in [3.05, 3.63) is 32.3 Å². The summed E-state index contributed by atoms with van der Waals surface area (Å²) in [4.78, 5) is 29.0. The number of benzene rings is 1. The van der Waals surface area contributed by atoms with Crippen molar-refractivity contribution in [2.45, 2.75) is 18.9 Å². The van der Waals surface area contributed by atoms with Gasteiger partial charge in [-0.1, -0.05) is 23.2 Å². The largest absolute Gasteiger partial charge is 0.366 e. The van der Waals surface area contributed by atoms with Crippen molar-refractivity contribution >= 4 is 40.5 Å². The van der Waals surface area contributed by atoms with Gasteiger partial charge in [-0.3, -0.25) is 19.8 Å². The summed E-state index contributed by atoms with van der Waals surface area (Å²) in [6.07, 6.45) is 1.97. The number of nitrogens with zero attached hydrogens (tertiary/aromatic N) is 4. The topological polar surface area (TPSA) is 69.9 Å². The van der Waals surface area contributed by atoms with Crippen LogP contribution in [0.2, 0.25) is 10.0 Å². The average molecular weight is 387 g/mol. The minimum absolute atomic E-state index is 0.0156. The number of carbonyl (C=O) groups excluding carboxylic acids is 1. The zero-order valence-corrected chi connectivity index (χ0v) is 15.5. The summed E-state index contributed by atoms with van der Waals surface area (Å²) in [5, 5.41) is 11.4. The second kappa shape index (κ2) is 7.35. The van der Waals surface area contributed by atoms with Gasteiger partial charge < -0.3 is 9.80 Å². The Hall–Kier alpha value is -1.57. The Morgan fingerprint density at radius 1 is 1.16 bits per heavy atom. The molecule has 2 heterocycles. The molecule has 2 saturated heterocycles. The van der Waals surface area contributed by atoms with Crippen LogP contribution in [0, 0.1) is 10.1 Å². The second-order valence-electron chi connectivity index (χ2n) is 6.47. The number of piperazine rings is 1. The number of nitro benzene ring substituents is 1. The molecule has 0 saturated carbocycles. The first-order valence-corrected chi connectivity index (χ1v) is 9.01. The number of amides is 1. The predicted octanol–water partition coefficient (Wildman–Crippen LogP) is 2.64. The standard InChI is InChI=1S/C16H20Cl2N4O3/c1-19-4-2-3-14(19)16(23)21-7-5-20(6-8-21)15-12(17)9-11(22(24)25)10-13(15)18/h9-10,14H,2-8H2,1H3. The Morgan fingerprint density at radius 2 is 1.76 bits per heavy atom. The van der Waals surface area contributed by atoms with E-state index < -0.39 is 4.92 Å². The van der Waals surface area contributed by atoms with Gasteiger partial charge >= 0.3 is 0 Å². The highest BCUT2D eigenvalue weighted by molar-refractivity contribution is 6.39. The molecule has 2 fully saturated rings. The number of hydrogen-bond donors (Lipinski definition) is 0. The van der Waals surface area contributed by atoms with E-state index in [4.69, 9.17) is 23.2 Å². The highest BCUT2D eigenvalue weighted by atomic mass is 35.5. The van der Waals surface area contributed by atoms with Crippen LogP contribution in [0.15, 0.2) is 12.1 Å². The lowest BCUT2D eigenvalue weighted by Gasteiger charge is -2.38. The molecular formula is C16H20Cl2N4O3. The van der Waals surface area contributed by atoms with Crippen molar-refractivity contribution in [1.82, 2.24) is 9.80 Å². The molecule has 1 amide bonds. The van der Waals surface area contributed by atoms with Crippen LogP contribution >= 0.6 is 23.2 Å². The van der Waals surface area contributed by atoms with Crippen LogP contribution in [0.25, 0.3) is 0 Å². The highest BCUT2D eigenvalue weighted by Crippen LogP contribution is 2.38. The molecule has 25 heavy (non-hydrogen) atoms. The van der Waals surface area contributed by atoms with Gasteiger partial charge in [0.15, 0.2) is 0 Å². The summed E-state index contributed by atoms with van der Waals surface area (Å²) in [5.74, 6) is 0.181. The smallest absolute Gasteiger partial charge is 0.272 e. The molecule has 1 aromatic rings. The number of rotatable bonds is 3. The lowest BCUT2D eigenvalue weighted by molar-refractivity contribution is -0.384. The number of likely N-dealkylation sites (N-methyl/N-ethyl adjacent to an activating group) is 1. The summed E-state index contributed by atoms with van der Waals surface area (Å²) in [5.41, 5.74) is 0.468. The van der Waals surface area contributed by atoms with E-state index in [0.29, 0.717) is 31.9 Å². The van der Waals surface area contributed by atoms with Crippen LogP contribution in [-0.4, -0.2) is 66.4 Å². The van der Waals surface area contributed by atoms with Gasteiger partial charge in [0.05, 0.1) is 26.7 Å². The Morgan fingerprint density at radius 3 is 2.24 bits per heavy atom. The molecule has 1 unspecified atom stereocenters. The van der Waals surface area contributed by atoms with Crippen LogP contribution in [0.4, 0.5) is 11.4 Å². The highest BCUT2D eigenvalue weighted by Gasteiger charge is 2.33. The number of non-ortho nitro benzene ring substituents is 1. The first kappa shape index (κ1) is 18.2. The molecule has 0 spiro atoms. The monoisotopic (exact) mass is 386 g/mol. The number of nitro groups is 1. The molecule has 3 rings (SSSR count). The molecule has 7 nitrogen and oxygen atoms in total. The number of halogens is 2. The second-order valence-corrected chi connectivity index (χ2v) is 7.28. The van der Waals surface area contributed by atoms with Crippen molar-refractivity contribution in [3.63, 3.8) is 0 Å². The third-order valence-corrected chi connectivity index (χ3v) is 5.50. The molecule has 0 aromatic heterocycles. The quantitative estimate of drug-likeness (QED) is 0.589. The fourth-order valence-electron chi connectivity index (χ4n) is 3.54. The van der Waals surface area contributed by atoms with Crippen LogP contribution < -0.4 is 4.90 Å². The number of carbonyl (C=O) groups is 1. The molecule has 9 heteroatoms. The Balaban J connectivity index is 1.68. The number of likely N-dealkylation sites (tertiary alicyclic amines) is 1. The fraction of sp³-hybridized carbons (Fsp3) is 0.562. The minimum Gasteiger partial charge on any atom is -0.366 e. The van der Waals surface area contributed by atoms with Crippen LogP contribution in [0.3, 0.4) is 0 Å². The molecular weight excluding hydrogens is 367 g/mol. The minimum atomic E-state index is -0.518. The summed E-state index contributed by atoms with van der Waals surface area (Å²) < 4.78 is 0. The van der Waals surface area contributed by atoms with E-state index in [1.807, 2.05) is 16.8 Å². The van der Waals surface area contributed by atoms with Gasteiger partial charge in [0, 0.05) is 38.3 Å². The first-order chi connectivity index (χ1) is 11.9. The van der Waals surface area contributed by atoms with Crippen LogP contribution in [-0.2, 0) is 4.79 Å². The van der Waals surface area contributed by atoms with Gasteiger partial charge in [-0.05, 0) is 26.4 Å².